The topological polar surface area (TPSA) is 38.3 Å². The number of nitrogens with one attached hydrogen (secondary N) is 1. The predicted octanol–water partition coefficient (Wildman–Crippen LogP) is 3.45. The summed E-state index contributed by atoms with van der Waals surface area (Å²) in [6.45, 7) is 0.867. The van der Waals surface area contributed by atoms with Crippen molar-refractivity contribution in [3.63, 3.8) is 0 Å². The summed E-state index contributed by atoms with van der Waals surface area (Å²) < 4.78 is 5.36. The standard InChI is InChI=1S/C17H17NO2S/c19-17(18-9-10-21)20-11-16-14-7-3-1-5-12(14)13-6-2-4-8-15(13)16/h1-8,16,21H,9-11H2,(H,18,19). The van der Waals surface area contributed by atoms with Gasteiger partial charge in [0.25, 0.3) is 0 Å². The maximum Gasteiger partial charge on any atom is 0.407 e. The molecule has 0 saturated carbocycles. The van der Waals surface area contributed by atoms with Gasteiger partial charge in [0.15, 0.2) is 0 Å². The zero-order valence-corrected chi connectivity index (χ0v) is 12.5. The lowest BCUT2D eigenvalue weighted by atomic mass is 9.98. The minimum absolute atomic E-state index is 0.110. The number of rotatable bonds is 4. The zero-order valence-electron chi connectivity index (χ0n) is 11.6. The van der Waals surface area contributed by atoms with Crippen LogP contribution in [0.25, 0.3) is 11.1 Å². The fourth-order valence-corrected chi connectivity index (χ4v) is 2.92. The van der Waals surface area contributed by atoms with E-state index in [1.165, 1.54) is 22.3 Å². The van der Waals surface area contributed by atoms with Crippen molar-refractivity contribution in [1.82, 2.24) is 5.32 Å². The van der Waals surface area contributed by atoms with Crippen LogP contribution in [0.2, 0.25) is 0 Å². The number of benzene rings is 2. The van der Waals surface area contributed by atoms with E-state index < -0.39 is 0 Å². The maximum atomic E-state index is 11.6. The zero-order chi connectivity index (χ0) is 14.7. The minimum Gasteiger partial charge on any atom is -0.449 e. The van der Waals surface area contributed by atoms with Gasteiger partial charge in [0.05, 0.1) is 0 Å². The predicted molar refractivity (Wildman–Crippen MR) is 86.9 cm³/mol. The molecular formula is C17H17NO2S. The molecule has 0 spiro atoms. The highest BCUT2D eigenvalue weighted by atomic mass is 32.1. The molecule has 108 valence electrons. The van der Waals surface area contributed by atoms with Crippen LogP contribution in [-0.4, -0.2) is 25.0 Å². The molecule has 1 aliphatic carbocycles. The fraction of sp³-hybridized carbons (Fsp3) is 0.235. The van der Waals surface area contributed by atoms with E-state index in [-0.39, 0.29) is 12.0 Å². The van der Waals surface area contributed by atoms with Crippen molar-refractivity contribution in [3.8, 4) is 11.1 Å². The van der Waals surface area contributed by atoms with E-state index in [1.807, 2.05) is 24.3 Å². The minimum atomic E-state index is -0.383. The molecule has 0 saturated heterocycles. The molecule has 0 aromatic heterocycles. The van der Waals surface area contributed by atoms with Crippen LogP contribution >= 0.6 is 12.6 Å². The van der Waals surface area contributed by atoms with Crippen molar-refractivity contribution in [2.24, 2.45) is 0 Å². The van der Waals surface area contributed by atoms with Crippen LogP contribution in [0.1, 0.15) is 17.0 Å². The van der Waals surface area contributed by atoms with Gasteiger partial charge >= 0.3 is 6.09 Å². The first-order valence-electron chi connectivity index (χ1n) is 7.01. The van der Waals surface area contributed by atoms with Crippen molar-refractivity contribution in [3.05, 3.63) is 59.7 Å². The van der Waals surface area contributed by atoms with Gasteiger partial charge in [-0.1, -0.05) is 48.5 Å². The van der Waals surface area contributed by atoms with Gasteiger partial charge in [-0.15, -0.1) is 0 Å². The third kappa shape index (κ3) is 2.76. The molecule has 0 fully saturated rings. The Morgan fingerprint density at radius 1 is 1.05 bits per heavy atom. The Hall–Kier alpha value is -1.94. The summed E-state index contributed by atoms with van der Waals surface area (Å²) in [6, 6.07) is 16.6. The lowest BCUT2D eigenvalue weighted by Crippen LogP contribution is -2.27. The van der Waals surface area contributed by atoms with Gasteiger partial charge in [0.2, 0.25) is 0 Å². The van der Waals surface area contributed by atoms with Gasteiger partial charge in [-0.3, -0.25) is 0 Å². The smallest absolute Gasteiger partial charge is 0.407 e. The Balaban J connectivity index is 1.81. The van der Waals surface area contributed by atoms with Gasteiger partial charge < -0.3 is 10.1 Å². The van der Waals surface area contributed by atoms with Crippen LogP contribution in [0.3, 0.4) is 0 Å². The summed E-state index contributed by atoms with van der Waals surface area (Å²) in [5.41, 5.74) is 4.91. The highest BCUT2D eigenvalue weighted by molar-refractivity contribution is 7.80. The van der Waals surface area contributed by atoms with E-state index in [4.69, 9.17) is 4.74 Å². The molecule has 2 aromatic rings. The molecule has 0 bridgehead atoms. The Labute approximate surface area is 129 Å². The van der Waals surface area contributed by atoms with Gasteiger partial charge in [-0.25, -0.2) is 4.79 Å². The SMILES string of the molecule is O=C(NCCS)OCC1c2ccccc2-c2ccccc21. The van der Waals surface area contributed by atoms with Gasteiger partial charge in [-0.2, -0.15) is 12.6 Å². The molecule has 0 heterocycles. The number of alkyl carbamates (subject to hydrolysis) is 1. The average molecular weight is 299 g/mol. The summed E-state index contributed by atoms with van der Waals surface area (Å²) in [5.74, 6) is 0.712. The van der Waals surface area contributed by atoms with E-state index in [1.54, 1.807) is 0 Å². The molecule has 0 atom stereocenters. The molecule has 1 amide bonds. The van der Waals surface area contributed by atoms with Gasteiger partial charge in [-0.05, 0) is 22.3 Å². The van der Waals surface area contributed by atoms with E-state index in [0.29, 0.717) is 18.9 Å². The number of carbonyl (C=O) groups excluding carboxylic acids is 1. The Morgan fingerprint density at radius 2 is 1.62 bits per heavy atom. The number of amides is 1. The highest BCUT2D eigenvalue weighted by Gasteiger charge is 2.28. The Morgan fingerprint density at radius 3 is 2.19 bits per heavy atom. The molecule has 21 heavy (non-hydrogen) atoms. The number of hydrogen-bond acceptors (Lipinski definition) is 3. The lowest BCUT2D eigenvalue weighted by Gasteiger charge is -2.14. The van der Waals surface area contributed by atoms with Crippen molar-refractivity contribution in [2.45, 2.75) is 5.92 Å². The van der Waals surface area contributed by atoms with E-state index >= 15 is 0 Å². The molecule has 1 N–H and O–H groups in total. The summed E-state index contributed by atoms with van der Waals surface area (Å²) >= 11 is 4.05. The first-order chi connectivity index (χ1) is 10.3. The second-order valence-corrected chi connectivity index (χ2v) is 5.42. The second kappa shape index (κ2) is 6.22. The molecule has 0 unspecified atom stereocenters. The summed E-state index contributed by atoms with van der Waals surface area (Å²) in [6.07, 6.45) is -0.383. The third-order valence-electron chi connectivity index (χ3n) is 3.72. The maximum absolute atomic E-state index is 11.6. The highest BCUT2D eigenvalue weighted by Crippen LogP contribution is 2.44. The van der Waals surface area contributed by atoms with Crippen LogP contribution in [-0.2, 0) is 4.74 Å². The van der Waals surface area contributed by atoms with Crippen LogP contribution < -0.4 is 5.32 Å². The number of ether oxygens (including phenoxy) is 1. The number of fused-ring (bicyclic) bond motifs is 3. The van der Waals surface area contributed by atoms with Crippen LogP contribution in [0.15, 0.2) is 48.5 Å². The number of carbonyl (C=O) groups is 1. The number of hydrogen-bond donors (Lipinski definition) is 2. The molecule has 1 aliphatic rings. The van der Waals surface area contributed by atoms with Crippen LogP contribution in [0.4, 0.5) is 4.79 Å². The van der Waals surface area contributed by atoms with Gasteiger partial charge in [0, 0.05) is 18.2 Å². The molecule has 0 radical (unpaired) electrons. The quantitative estimate of drug-likeness (QED) is 0.849. The van der Waals surface area contributed by atoms with E-state index in [2.05, 4.69) is 42.2 Å². The number of thiol groups is 1. The molecule has 3 nitrogen and oxygen atoms in total. The molecule has 4 heteroatoms. The largest absolute Gasteiger partial charge is 0.449 e. The van der Waals surface area contributed by atoms with Crippen molar-refractivity contribution >= 4 is 18.7 Å². The first-order valence-corrected chi connectivity index (χ1v) is 7.64. The molecule has 2 aromatic carbocycles. The molecule has 0 aliphatic heterocycles. The average Bonchev–Trinajstić information content (AvgIpc) is 2.85. The molecular weight excluding hydrogens is 282 g/mol. The molecule has 3 rings (SSSR count). The van der Waals surface area contributed by atoms with E-state index in [0.717, 1.165) is 0 Å². The third-order valence-corrected chi connectivity index (χ3v) is 3.95. The van der Waals surface area contributed by atoms with Crippen LogP contribution in [0.5, 0.6) is 0 Å². The van der Waals surface area contributed by atoms with Gasteiger partial charge in [0.1, 0.15) is 6.61 Å². The summed E-state index contributed by atoms with van der Waals surface area (Å²) in [5, 5.41) is 2.67. The summed E-state index contributed by atoms with van der Waals surface area (Å²) in [4.78, 5) is 11.6. The second-order valence-electron chi connectivity index (χ2n) is 4.98. The Bertz CT molecular complexity index is 611. The lowest BCUT2D eigenvalue weighted by molar-refractivity contribution is 0.143. The van der Waals surface area contributed by atoms with Crippen molar-refractivity contribution in [1.29, 1.82) is 0 Å². The first kappa shape index (κ1) is 14.0. The summed E-state index contributed by atoms with van der Waals surface area (Å²) in [7, 11) is 0. The van der Waals surface area contributed by atoms with Crippen molar-refractivity contribution in [2.75, 3.05) is 18.9 Å². The monoisotopic (exact) mass is 299 g/mol. The van der Waals surface area contributed by atoms with Crippen molar-refractivity contribution < 1.29 is 9.53 Å². The Kier molecular flexibility index (Phi) is 4.15. The fourth-order valence-electron chi connectivity index (χ4n) is 2.81. The van der Waals surface area contributed by atoms with Crippen LogP contribution in [0, 0.1) is 0 Å². The normalized spacial score (nSPS) is 12.6. The van der Waals surface area contributed by atoms with E-state index in [9.17, 15) is 4.79 Å².